The molecule has 11 heavy (non-hydrogen) atoms. The fourth-order valence-corrected chi connectivity index (χ4v) is 0.681. The van der Waals surface area contributed by atoms with Gasteiger partial charge in [-0.15, -0.1) is 13.2 Å². The Morgan fingerprint density at radius 3 is 2.64 bits per heavy atom. The van der Waals surface area contributed by atoms with Crippen molar-refractivity contribution < 1.29 is 17.9 Å². The highest BCUT2D eigenvalue weighted by Gasteiger charge is 2.33. The smallest absolute Gasteiger partial charge is 0.389 e. The van der Waals surface area contributed by atoms with Gasteiger partial charge in [-0.2, -0.15) is 0 Å². The van der Waals surface area contributed by atoms with Crippen molar-refractivity contribution in [2.75, 3.05) is 13.7 Å². The molecular weight excluding hydrogens is 161 g/mol. The number of hydrogen-bond acceptors (Lipinski definition) is 3. The lowest BCUT2D eigenvalue weighted by atomic mass is 10.8. The van der Waals surface area contributed by atoms with E-state index in [0.717, 1.165) is 0 Å². The minimum absolute atomic E-state index is 0.264. The maximum absolute atomic E-state index is 11.5. The van der Waals surface area contributed by atoms with Crippen molar-refractivity contribution in [1.29, 1.82) is 0 Å². The molecule has 1 aliphatic rings. The third kappa shape index (κ3) is 2.57. The average Bonchev–Trinajstić information content (AvgIpc) is 2.10. The molecule has 0 atom stereocenters. The standard InChI is InChI=1S/C5H7F3N2O/c1-10-2-4(9-3-10)11-5(6,7)8/h2,9H,3H2,1H3. The quantitative estimate of drug-likeness (QED) is 0.627. The molecule has 0 unspecified atom stereocenters. The normalized spacial score (nSPS) is 17.8. The lowest BCUT2D eigenvalue weighted by Crippen LogP contribution is -2.21. The molecule has 0 bridgehead atoms. The zero-order valence-electron chi connectivity index (χ0n) is 5.77. The van der Waals surface area contributed by atoms with E-state index in [4.69, 9.17) is 0 Å². The highest BCUT2D eigenvalue weighted by molar-refractivity contribution is 4.95. The van der Waals surface area contributed by atoms with Gasteiger partial charge in [-0.1, -0.05) is 0 Å². The second kappa shape index (κ2) is 2.52. The fourth-order valence-electron chi connectivity index (χ4n) is 0.681. The maximum atomic E-state index is 11.5. The van der Waals surface area contributed by atoms with Gasteiger partial charge in [-0.3, -0.25) is 0 Å². The van der Waals surface area contributed by atoms with Gasteiger partial charge in [-0.05, 0) is 0 Å². The van der Waals surface area contributed by atoms with Gasteiger partial charge < -0.3 is 15.0 Å². The lowest BCUT2D eigenvalue weighted by Gasteiger charge is -2.08. The van der Waals surface area contributed by atoms with Crippen LogP contribution >= 0.6 is 0 Å². The Morgan fingerprint density at radius 1 is 1.64 bits per heavy atom. The van der Waals surface area contributed by atoms with Gasteiger partial charge in [0, 0.05) is 7.05 Å². The second-order valence-corrected chi connectivity index (χ2v) is 2.13. The van der Waals surface area contributed by atoms with Crippen molar-refractivity contribution in [3.05, 3.63) is 12.1 Å². The van der Waals surface area contributed by atoms with Crippen LogP contribution in [0.25, 0.3) is 0 Å². The van der Waals surface area contributed by atoms with E-state index < -0.39 is 6.36 Å². The third-order valence-electron chi connectivity index (χ3n) is 1.07. The van der Waals surface area contributed by atoms with E-state index in [1.165, 1.54) is 6.20 Å². The number of hydrogen-bond donors (Lipinski definition) is 1. The molecule has 0 spiro atoms. The number of ether oxygens (including phenoxy) is 1. The van der Waals surface area contributed by atoms with Gasteiger partial charge in [0.15, 0.2) is 0 Å². The molecule has 0 aliphatic carbocycles. The van der Waals surface area contributed by atoms with E-state index in [9.17, 15) is 13.2 Å². The van der Waals surface area contributed by atoms with E-state index in [-0.39, 0.29) is 5.88 Å². The summed E-state index contributed by atoms with van der Waals surface area (Å²) in [4.78, 5) is 1.54. The molecule has 0 saturated carbocycles. The third-order valence-corrected chi connectivity index (χ3v) is 1.07. The number of alkyl halides is 3. The van der Waals surface area contributed by atoms with Crippen LogP contribution in [0, 0.1) is 0 Å². The first-order valence-corrected chi connectivity index (χ1v) is 2.89. The molecule has 3 nitrogen and oxygen atoms in total. The molecule has 1 heterocycles. The van der Waals surface area contributed by atoms with Gasteiger partial charge in [0.05, 0.1) is 12.9 Å². The summed E-state index contributed by atoms with van der Waals surface area (Å²) in [5.74, 6) is -0.264. The summed E-state index contributed by atoms with van der Waals surface area (Å²) < 4.78 is 38.1. The van der Waals surface area contributed by atoms with Crippen LogP contribution in [0.2, 0.25) is 0 Å². The highest BCUT2D eigenvalue weighted by Crippen LogP contribution is 2.20. The molecule has 0 amide bonds. The minimum atomic E-state index is -4.61. The fraction of sp³-hybridized carbons (Fsp3) is 0.600. The maximum Gasteiger partial charge on any atom is 0.574 e. The zero-order valence-corrected chi connectivity index (χ0v) is 5.77. The molecule has 0 aromatic carbocycles. The topological polar surface area (TPSA) is 24.5 Å². The summed E-state index contributed by atoms with van der Waals surface area (Å²) in [6.45, 7) is 0.339. The summed E-state index contributed by atoms with van der Waals surface area (Å²) in [7, 11) is 1.64. The van der Waals surface area contributed by atoms with Crippen molar-refractivity contribution in [3.8, 4) is 0 Å². The van der Waals surface area contributed by atoms with E-state index in [0.29, 0.717) is 6.67 Å². The predicted molar refractivity (Wildman–Crippen MR) is 31.0 cm³/mol. The number of rotatable bonds is 1. The molecule has 1 rings (SSSR count). The van der Waals surface area contributed by atoms with Crippen molar-refractivity contribution in [2.24, 2.45) is 0 Å². The van der Waals surface area contributed by atoms with Crippen LogP contribution in [0.3, 0.4) is 0 Å². The van der Waals surface area contributed by atoms with Crippen molar-refractivity contribution in [3.63, 3.8) is 0 Å². The van der Waals surface area contributed by atoms with Crippen LogP contribution in [0.4, 0.5) is 13.2 Å². The molecule has 64 valence electrons. The first-order chi connectivity index (χ1) is 4.97. The largest absolute Gasteiger partial charge is 0.574 e. The number of nitrogens with zero attached hydrogens (tertiary/aromatic N) is 1. The summed E-state index contributed by atoms with van der Waals surface area (Å²) in [6.07, 6.45) is -3.36. The zero-order chi connectivity index (χ0) is 8.48. The molecule has 0 aromatic heterocycles. The molecule has 0 radical (unpaired) electrons. The van der Waals surface area contributed by atoms with Crippen molar-refractivity contribution in [1.82, 2.24) is 10.2 Å². The molecule has 0 aromatic rings. The molecule has 1 N–H and O–H groups in total. The van der Waals surface area contributed by atoms with E-state index in [1.54, 1.807) is 11.9 Å². The van der Waals surface area contributed by atoms with Crippen molar-refractivity contribution in [2.45, 2.75) is 6.36 Å². The Morgan fingerprint density at radius 2 is 2.27 bits per heavy atom. The first kappa shape index (κ1) is 8.03. The summed E-state index contributed by atoms with van der Waals surface area (Å²) >= 11 is 0. The van der Waals surface area contributed by atoms with Crippen LogP contribution in [0.1, 0.15) is 0 Å². The van der Waals surface area contributed by atoms with Gasteiger partial charge in [0.1, 0.15) is 0 Å². The van der Waals surface area contributed by atoms with E-state index in [2.05, 4.69) is 10.1 Å². The van der Waals surface area contributed by atoms with Gasteiger partial charge in [0.2, 0.25) is 5.88 Å². The van der Waals surface area contributed by atoms with Gasteiger partial charge >= 0.3 is 6.36 Å². The van der Waals surface area contributed by atoms with E-state index >= 15 is 0 Å². The molecule has 0 fully saturated rings. The summed E-state index contributed by atoms with van der Waals surface area (Å²) in [5, 5.41) is 2.41. The SMILES string of the molecule is CN1C=C(OC(F)(F)F)NC1. The first-order valence-electron chi connectivity index (χ1n) is 2.89. The van der Waals surface area contributed by atoms with Crippen LogP contribution in [0.15, 0.2) is 12.1 Å². The Hall–Kier alpha value is -1.07. The summed E-state index contributed by atoms with van der Waals surface area (Å²) in [5.41, 5.74) is 0. The van der Waals surface area contributed by atoms with Crippen LogP contribution in [0.5, 0.6) is 0 Å². The van der Waals surface area contributed by atoms with Gasteiger partial charge in [0.25, 0.3) is 0 Å². The monoisotopic (exact) mass is 168 g/mol. The van der Waals surface area contributed by atoms with E-state index in [1.807, 2.05) is 0 Å². The lowest BCUT2D eigenvalue weighted by molar-refractivity contribution is -0.307. The Balaban J connectivity index is 2.45. The Kier molecular flexibility index (Phi) is 1.84. The summed E-state index contributed by atoms with van der Waals surface area (Å²) in [6, 6.07) is 0. The second-order valence-electron chi connectivity index (χ2n) is 2.13. The molecule has 1 aliphatic heterocycles. The highest BCUT2D eigenvalue weighted by atomic mass is 19.4. The minimum Gasteiger partial charge on any atom is -0.389 e. The van der Waals surface area contributed by atoms with Crippen LogP contribution in [-0.4, -0.2) is 25.0 Å². The van der Waals surface area contributed by atoms with Crippen LogP contribution in [-0.2, 0) is 4.74 Å². The molecular formula is C5H7F3N2O. The predicted octanol–water partition coefficient (Wildman–Crippen LogP) is 0.814. The average molecular weight is 168 g/mol. The number of nitrogens with one attached hydrogen (secondary N) is 1. The Labute approximate surface area is 61.4 Å². The van der Waals surface area contributed by atoms with Crippen molar-refractivity contribution >= 4 is 0 Å². The molecule has 6 heteroatoms. The number of halogens is 3. The van der Waals surface area contributed by atoms with Gasteiger partial charge in [-0.25, -0.2) is 0 Å². The molecule has 0 saturated heterocycles. The Bertz CT molecular complexity index is 177. The van der Waals surface area contributed by atoms with Crippen LogP contribution < -0.4 is 5.32 Å².